The lowest BCUT2D eigenvalue weighted by atomic mass is 10.4. The minimum Gasteiger partial charge on any atom is -0.225 e. The lowest BCUT2D eigenvalue weighted by Crippen LogP contribution is -1.91. The van der Waals surface area contributed by atoms with Crippen LogP contribution in [0.4, 0.5) is 0 Å². The Balaban J connectivity index is 0.000000791. The SMILES string of the molecule is C/C=C\C=C/n1nnc(C)c1C.CC. The lowest BCUT2D eigenvalue weighted by Gasteiger charge is -1.91. The molecular formula is C11H19N3. The molecule has 0 aliphatic rings. The highest BCUT2D eigenvalue weighted by Crippen LogP contribution is 2.00. The van der Waals surface area contributed by atoms with Gasteiger partial charge in [0, 0.05) is 6.20 Å². The van der Waals surface area contributed by atoms with Crippen molar-refractivity contribution in [2.24, 2.45) is 0 Å². The second-order valence-electron chi connectivity index (χ2n) is 2.57. The summed E-state index contributed by atoms with van der Waals surface area (Å²) in [5.41, 5.74) is 2.05. The first kappa shape index (κ1) is 12.6. The van der Waals surface area contributed by atoms with Crippen LogP contribution in [0.2, 0.25) is 0 Å². The quantitative estimate of drug-likeness (QED) is 0.676. The summed E-state index contributed by atoms with van der Waals surface area (Å²) in [5.74, 6) is 0. The highest BCUT2D eigenvalue weighted by molar-refractivity contribution is 5.29. The molecule has 0 unspecified atom stereocenters. The topological polar surface area (TPSA) is 30.7 Å². The molecule has 0 radical (unpaired) electrons. The van der Waals surface area contributed by atoms with Crippen LogP contribution in [-0.4, -0.2) is 15.0 Å². The highest BCUT2D eigenvalue weighted by atomic mass is 15.4. The molecule has 0 saturated heterocycles. The fraction of sp³-hybridized carbons (Fsp3) is 0.455. The Morgan fingerprint density at radius 2 is 1.79 bits per heavy atom. The Kier molecular flexibility index (Phi) is 6.37. The van der Waals surface area contributed by atoms with Gasteiger partial charge in [0.05, 0.1) is 11.4 Å². The molecule has 1 heterocycles. The molecule has 0 fully saturated rings. The number of nitrogens with zero attached hydrogens (tertiary/aromatic N) is 3. The first-order valence-electron chi connectivity index (χ1n) is 4.93. The van der Waals surface area contributed by atoms with Crippen LogP contribution < -0.4 is 0 Å². The summed E-state index contributed by atoms with van der Waals surface area (Å²) in [7, 11) is 0. The largest absolute Gasteiger partial charge is 0.225 e. The number of aryl methyl sites for hydroxylation is 1. The van der Waals surface area contributed by atoms with Crippen LogP contribution in [0.25, 0.3) is 6.20 Å². The molecular weight excluding hydrogens is 174 g/mol. The van der Waals surface area contributed by atoms with E-state index in [-0.39, 0.29) is 0 Å². The monoisotopic (exact) mass is 193 g/mol. The van der Waals surface area contributed by atoms with Crippen LogP contribution in [0.3, 0.4) is 0 Å². The van der Waals surface area contributed by atoms with E-state index in [0.717, 1.165) is 11.4 Å². The van der Waals surface area contributed by atoms with Gasteiger partial charge >= 0.3 is 0 Å². The van der Waals surface area contributed by atoms with E-state index in [1.807, 2.05) is 59.0 Å². The van der Waals surface area contributed by atoms with E-state index in [1.165, 1.54) is 0 Å². The van der Waals surface area contributed by atoms with Gasteiger partial charge in [-0.05, 0) is 26.8 Å². The summed E-state index contributed by atoms with van der Waals surface area (Å²) in [6.07, 6.45) is 7.74. The Hall–Kier alpha value is -1.38. The molecule has 0 amide bonds. The summed E-state index contributed by atoms with van der Waals surface area (Å²) in [4.78, 5) is 0. The molecule has 0 atom stereocenters. The average Bonchev–Trinajstić information content (AvgIpc) is 2.53. The summed E-state index contributed by atoms with van der Waals surface area (Å²) in [6.45, 7) is 9.92. The average molecular weight is 193 g/mol. The van der Waals surface area contributed by atoms with Gasteiger partial charge in [-0.1, -0.05) is 31.2 Å². The third-order valence-corrected chi connectivity index (χ3v) is 1.69. The molecule has 0 aliphatic carbocycles. The summed E-state index contributed by atoms with van der Waals surface area (Å²) in [5, 5.41) is 7.87. The maximum atomic E-state index is 3.93. The summed E-state index contributed by atoms with van der Waals surface area (Å²) < 4.78 is 1.76. The van der Waals surface area contributed by atoms with Crippen molar-refractivity contribution < 1.29 is 0 Å². The number of aromatic nitrogens is 3. The molecule has 0 spiro atoms. The van der Waals surface area contributed by atoms with E-state index in [0.29, 0.717) is 0 Å². The van der Waals surface area contributed by atoms with Crippen molar-refractivity contribution in [3.63, 3.8) is 0 Å². The minimum absolute atomic E-state index is 0.972. The van der Waals surface area contributed by atoms with E-state index in [9.17, 15) is 0 Å². The summed E-state index contributed by atoms with van der Waals surface area (Å²) in [6, 6.07) is 0. The van der Waals surface area contributed by atoms with E-state index in [1.54, 1.807) is 4.68 Å². The van der Waals surface area contributed by atoms with Crippen LogP contribution in [0.5, 0.6) is 0 Å². The van der Waals surface area contributed by atoms with E-state index in [4.69, 9.17) is 0 Å². The van der Waals surface area contributed by atoms with Gasteiger partial charge in [0.25, 0.3) is 0 Å². The molecule has 0 N–H and O–H groups in total. The second-order valence-corrected chi connectivity index (χ2v) is 2.57. The van der Waals surface area contributed by atoms with Gasteiger partial charge in [0.15, 0.2) is 0 Å². The molecule has 1 aromatic heterocycles. The van der Waals surface area contributed by atoms with Gasteiger partial charge in [-0.15, -0.1) is 5.10 Å². The van der Waals surface area contributed by atoms with Crippen LogP contribution in [0.1, 0.15) is 32.2 Å². The predicted octanol–water partition coefficient (Wildman–Crippen LogP) is 2.97. The lowest BCUT2D eigenvalue weighted by molar-refractivity contribution is 0.821. The Morgan fingerprint density at radius 1 is 1.14 bits per heavy atom. The number of hydrogen-bond donors (Lipinski definition) is 0. The third-order valence-electron chi connectivity index (χ3n) is 1.69. The maximum absolute atomic E-state index is 3.93. The van der Waals surface area contributed by atoms with E-state index in [2.05, 4.69) is 10.3 Å². The smallest absolute Gasteiger partial charge is 0.0829 e. The fourth-order valence-electron chi connectivity index (χ4n) is 0.804. The van der Waals surface area contributed by atoms with Gasteiger partial charge in [-0.25, -0.2) is 4.68 Å². The fourth-order valence-corrected chi connectivity index (χ4v) is 0.804. The molecule has 78 valence electrons. The van der Waals surface area contributed by atoms with Crippen molar-refractivity contribution in [2.45, 2.75) is 34.6 Å². The molecule has 3 heteroatoms. The van der Waals surface area contributed by atoms with Crippen LogP contribution in [-0.2, 0) is 0 Å². The van der Waals surface area contributed by atoms with Crippen LogP contribution >= 0.6 is 0 Å². The van der Waals surface area contributed by atoms with Gasteiger partial charge in [-0.3, -0.25) is 0 Å². The maximum Gasteiger partial charge on any atom is 0.0829 e. The molecule has 1 rings (SSSR count). The molecule has 0 aromatic carbocycles. The van der Waals surface area contributed by atoms with Crippen molar-refractivity contribution in [2.75, 3.05) is 0 Å². The molecule has 0 bridgehead atoms. The summed E-state index contributed by atoms with van der Waals surface area (Å²) >= 11 is 0. The normalized spacial score (nSPS) is 10.6. The van der Waals surface area contributed by atoms with Crippen molar-refractivity contribution in [1.82, 2.24) is 15.0 Å². The van der Waals surface area contributed by atoms with Crippen LogP contribution in [0.15, 0.2) is 18.2 Å². The van der Waals surface area contributed by atoms with Gasteiger partial charge in [0.1, 0.15) is 0 Å². The first-order chi connectivity index (χ1) is 6.75. The second kappa shape index (κ2) is 7.06. The van der Waals surface area contributed by atoms with Gasteiger partial charge in [0.2, 0.25) is 0 Å². The van der Waals surface area contributed by atoms with Gasteiger partial charge < -0.3 is 0 Å². The zero-order valence-corrected chi connectivity index (χ0v) is 9.65. The standard InChI is InChI=1S/C9H13N3.C2H6/c1-4-5-6-7-12-9(3)8(2)10-11-12;1-2/h4-7H,1-3H3;1-2H3/b5-4-,7-6-;. The molecule has 0 saturated carbocycles. The van der Waals surface area contributed by atoms with Crippen molar-refractivity contribution >= 4 is 6.20 Å². The zero-order valence-electron chi connectivity index (χ0n) is 9.65. The van der Waals surface area contributed by atoms with Crippen molar-refractivity contribution in [3.05, 3.63) is 29.6 Å². The van der Waals surface area contributed by atoms with Crippen molar-refractivity contribution in [1.29, 1.82) is 0 Å². The number of allylic oxidation sites excluding steroid dienone is 3. The number of rotatable bonds is 2. The molecule has 1 aromatic rings. The van der Waals surface area contributed by atoms with Crippen LogP contribution in [0, 0.1) is 13.8 Å². The predicted molar refractivity (Wildman–Crippen MR) is 61.0 cm³/mol. The Bertz CT molecular complexity index is 308. The van der Waals surface area contributed by atoms with Gasteiger partial charge in [-0.2, -0.15) is 0 Å². The minimum atomic E-state index is 0.972. The number of hydrogen-bond acceptors (Lipinski definition) is 2. The molecule has 0 aliphatic heterocycles. The Morgan fingerprint density at radius 3 is 2.21 bits per heavy atom. The molecule has 14 heavy (non-hydrogen) atoms. The van der Waals surface area contributed by atoms with Crippen molar-refractivity contribution in [3.8, 4) is 0 Å². The molecule has 3 nitrogen and oxygen atoms in total. The first-order valence-corrected chi connectivity index (χ1v) is 4.93. The van der Waals surface area contributed by atoms with E-state index < -0.39 is 0 Å². The van der Waals surface area contributed by atoms with E-state index >= 15 is 0 Å². The third kappa shape index (κ3) is 3.56. The Labute approximate surface area is 86.1 Å². The highest BCUT2D eigenvalue weighted by Gasteiger charge is 1.98. The zero-order chi connectivity index (χ0) is 11.0.